The van der Waals surface area contributed by atoms with Gasteiger partial charge < -0.3 is 19.8 Å². The molecule has 0 aliphatic heterocycles. The predicted molar refractivity (Wildman–Crippen MR) is 108 cm³/mol. The number of ether oxygens (including phenoxy) is 1. The van der Waals surface area contributed by atoms with Crippen LogP contribution in [0.25, 0.3) is 11.0 Å². The first-order chi connectivity index (χ1) is 14.1. The van der Waals surface area contributed by atoms with Crippen LogP contribution in [-0.4, -0.2) is 18.4 Å². The zero-order valence-electron chi connectivity index (χ0n) is 15.6. The van der Waals surface area contributed by atoms with E-state index in [1.54, 1.807) is 24.3 Å². The molecule has 2 N–H and O–H groups in total. The molecule has 0 unspecified atom stereocenters. The summed E-state index contributed by atoms with van der Waals surface area (Å²) in [5, 5.41) is 6.44. The number of anilines is 1. The van der Waals surface area contributed by atoms with Crippen LogP contribution < -0.4 is 21.0 Å². The van der Waals surface area contributed by atoms with E-state index in [0.717, 1.165) is 29.5 Å². The van der Waals surface area contributed by atoms with Gasteiger partial charge in [-0.2, -0.15) is 0 Å². The van der Waals surface area contributed by atoms with Crippen molar-refractivity contribution >= 4 is 28.5 Å². The Morgan fingerprint density at radius 2 is 1.90 bits per heavy atom. The van der Waals surface area contributed by atoms with Crippen molar-refractivity contribution < 1.29 is 18.7 Å². The van der Waals surface area contributed by atoms with Gasteiger partial charge in [-0.3, -0.25) is 9.59 Å². The standard InChI is InChI=1S/C22H20N2O5/c25-20(13-28-18-8-6-15-7-9-21(26)29-19(15)11-18)23-12-14-2-1-3-17(10-14)24-22(27)16-4-5-16/h1-3,6-11,16H,4-5,12-13H2,(H,23,25)(H,24,27). The summed E-state index contributed by atoms with van der Waals surface area (Å²) < 4.78 is 10.6. The molecule has 0 bridgehead atoms. The molecular weight excluding hydrogens is 372 g/mol. The molecule has 1 aliphatic carbocycles. The number of nitrogens with one attached hydrogen (secondary N) is 2. The number of rotatable bonds is 7. The number of fused-ring (bicyclic) bond motifs is 1. The van der Waals surface area contributed by atoms with E-state index in [1.807, 2.05) is 24.3 Å². The number of carbonyl (C=O) groups is 2. The van der Waals surface area contributed by atoms with Crippen molar-refractivity contribution in [1.29, 1.82) is 0 Å². The fraction of sp³-hybridized carbons (Fsp3) is 0.227. The highest BCUT2D eigenvalue weighted by molar-refractivity contribution is 5.94. The van der Waals surface area contributed by atoms with Crippen LogP contribution in [0.1, 0.15) is 18.4 Å². The molecule has 1 saturated carbocycles. The minimum Gasteiger partial charge on any atom is -0.484 e. The topological polar surface area (TPSA) is 97.6 Å². The molecule has 3 aromatic rings. The van der Waals surface area contributed by atoms with Crippen LogP contribution in [0.5, 0.6) is 5.75 Å². The van der Waals surface area contributed by atoms with Gasteiger partial charge in [-0.1, -0.05) is 12.1 Å². The molecule has 7 nitrogen and oxygen atoms in total. The normalized spacial score (nSPS) is 13.1. The van der Waals surface area contributed by atoms with Crippen molar-refractivity contribution in [3.05, 3.63) is 70.6 Å². The number of hydrogen-bond donors (Lipinski definition) is 2. The molecule has 0 radical (unpaired) electrons. The minimum absolute atomic E-state index is 0.0470. The molecule has 29 heavy (non-hydrogen) atoms. The quantitative estimate of drug-likeness (QED) is 0.603. The summed E-state index contributed by atoms with van der Waals surface area (Å²) in [6.07, 6.45) is 1.90. The third-order valence-electron chi connectivity index (χ3n) is 4.60. The highest BCUT2D eigenvalue weighted by atomic mass is 16.5. The third-order valence-corrected chi connectivity index (χ3v) is 4.60. The highest BCUT2D eigenvalue weighted by Crippen LogP contribution is 2.30. The van der Waals surface area contributed by atoms with Gasteiger partial charge in [-0.25, -0.2) is 4.79 Å². The van der Waals surface area contributed by atoms with E-state index >= 15 is 0 Å². The third kappa shape index (κ3) is 5.01. The predicted octanol–water partition coefficient (Wildman–Crippen LogP) is 2.84. The van der Waals surface area contributed by atoms with Crippen LogP contribution in [-0.2, 0) is 16.1 Å². The molecule has 7 heteroatoms. The van der Waals surface area contributed by atoms with Crippen LogP contribution >= 0.6 is 0 Å². The second-order valence-corrected chi connectivity index (χ2v) is 6.98. The molecular formula is C22H20N2O5. The first-order valence-corrected chi connectivity index (χ1v) is 9.40. The largest absolute Gasteiger partial charge is 0.484 e. The van der Waals surface area contributed by atoms with E-state index in [4.69, 9.17) is 9.15 Å². The van der Waals surface area contributed by atoms with Gasteiger partial charge in [0.25, 0.3) is 5.91 Å². The van der Waals surface area contributed by atoms with Gasteiger partial charge in [0.05, 0.1) is 0 Å². The smallest absolute Gasteiger partial charge is 0.336 e. The van der Waals surface area contributed by atoms with Crippen LogP contribution in [0, 0.1) is 5.92 Å². The Morgan fingerprint density at radius 1 is 1.07 bits per heavy atom. The van der Waals surface area contributed by atoms with E-state index in [0.29, 0.717) is 17.9 Å². The first-order valence-electron chi connectivity index (χ1n) is 9.40. The number of amides is 2. The average molecular weight is 392 g/mol. The summed E-state index contributed by atoms with van der Waals surface area (Å²) in [6.45, 7) is 0.155. The number of carbonyl (C=O) groups excluding carboxylic acids is 2. The second-order valence-electron chi connectivity index (χ2n) is 6.98. The molecule has 2 amide bonds. The van der Waals surface area contributed by atoms with Crippen LogP contribution in [0.2, 0.25) is 0 Å². The molecule has 4 rings (SSSR count). The molecule has 1 aliphatic rings. The van der Waals surface area contributed by atoms with Crippen molar-refractivity contribution in [2.75, 3.05) is 11.9 Å². The van der Waals surface area contributed by atoms with Gasteiger partial charge in [0.1, 0.15) is 11.3 Å². The van der Waals surface area contributed by atoms with Crippen molar-refractivity contribution in [3.8, 4) is 5.75 Å². The Labute approximate surface area is 166 Å². The van der Waals surface area contributed by atoms with Gasteiger partial charge in [0, 0.05) is 35.7 Å². The average Bonchev–Trinajstić information content (AvgIpc) is 3.56. The van der Waals surface area contributed by atoms with Gasteiger partial charge in [0.15, 0.2) is 6.61 Å². The molecule has 1 fully saturated rings. The Morgan fingerprint density at radius 3 is 2.72 bits per heavy atom. The Kier molecular flexibility index (Phi) is 5.29. The van der Waals surface area contributed by atoms with Crippen LogP contribution in [0.3, 0.4) is 0 Å². The van der Waals surface area contributed by atoms with Crippen molar-refractivity contribution in [2.45, 2.75) is 19.4 Å². The summed E-state index contributed by atoms with van der Waals surface area (Å²) in [6, 6.07) is 15.4. The van der Waals surface area contributed by atoms with Crippen molar-refractivity contribution in [3.63, 3.8) is 0 Å². The SMILES string of the molecule is O=C(COc1ccc2ccc(=O)oc2c1)NCc1cccc(NC(=O)C2CC2)c1. The summed E-state index contributed by atoms with van der Waals surface area (Å²) in [7, 11) is 0. The van der Waals surface area contributed by atoms with Crippen molar-refractivity contribution in [1.82, 2.24) is 5.32 Å². The lowest BCUT2D eigenvalue weighted by Gasteiger charge is -2.10. The molecule has 148 valence electrons. The maximum Gasteiger partial charge on any atom is 0.336 e. The first kappa shape index (κ1) is 18.7. The monoisotopic (exact) mass is 392 g/mol. The van der Waals surface area contributed by atoms with E-state index in [-0.39, 0.29) is 24.3 Å². The number of benzene rings is 2. The summed E-state index contributed by atoms with van der Waals surface area (Å²) >= 11 is 0. The molecule has 2 aromatic carbocycles. The lowest BCUT2D eigenvalue weighted by atomic mass is 10.2. The Bertz CT molecular complexity index is 1120. The fourth-order valence-corrected chi connectivity index (χ4v) is 2.88. The van der Waals surface area contributed by atoms with E-state index in [2.05, 4.69) is 10.6 Å². The zero-order valence-corrected chi connectivity index (χ0v) is 15.6. The lowest BCUT2D eigenvalue weighted by molar-refractivity contribution is -0.123. The minimum atomic E-state index is -0.442. The molecule has 1 heterocycles. The highest BCUT2D eigenvalue weighted by Gasteiger charge is 2.29. The molecule has 1 aromatic heterocycles. The summed E-state index contributed by atoms with van der Waals surface area (Å²) in [4.78, 5) is 35.2. The summed E-state index contributed by atoms with van der Waals surface area (Å²) in [5.41, 5.74) is 1.56. The van der Waals surface area contributed by atoms with Gasteiger partial charge in [0.2, 0.25) is 5.91 Å². The van der Waals surface area contributed by atoms with Crippen LogP contribution in [0.4, 0.5) is 5.69 Å². The molecule has 0 saturated heterocycles. The lowest BCUT2D eigenvalue weighted by Crippen LogP contribution is -2.28. The van der Waals surface area contributed by atoms with Gasteiger partial charge in [-0.05, 0) is 48.7 Å². The van der Waals surface area contributed by atoms with E-state index in [1.165, 1.54) is 6.07 Å². The van der Waals surface area contributed by atoms with Gasteiger partial charge >= 0.3 is 5.63 Å². The van der Waals surface area contributed by atoms with Crippen molar-refractivity contribution in [2.24, 2.45) is 5.92 Å². The van der Waals surface area contributed by atoms with E-state index < -0.39 is 5.63 Å². The van der Waals surface area contributed by atoms with Crippen LogP contribution in [0.15, 0.2) is 63.8 Å². The maximum atomic E-state index is 12.1. The van der Waals surface area contributed by atoms with Gasteiger partial charge in [-0.15, -0.1) is 0 Å². The fourth-order valence-electron chi connectivity index (χ4n) is 2.88. The molecule has 0 atom stereocenters. The summed E-state index contributed by atoms with van der Waals surface area (Å²) in [5.74, 6) is 0.336. The molecule has 0 spiro atoms. The zero-order chi connectivity index (χ0) is 20.2. The number of hydrogen-bond acceptors (Lipinski definition) is 5. The van der Waals surface area contributed by atoms with E-state index in [9.17, 15) is 14.4 Å². The second kappa shape index (κ2) is 8.18. The Hall–Kier alpha value is -3.61. The Balaban J connectivity index is 1.29. The maximum absolute atomic E-state index is 12.1.